The third-order valence-corrected chi connectivity index (χ3v) is 6.29. The minimum absolute atomic E-state index is 0.00179. The van der Waals surface area contributed by atoms with E-state index in [0.717, 1.165) is 17.7 Å². The number of fused-ring (bicyclic) bond motifs is 1. The first-order valence-corrected chi connectivity index (χ1v) is 11.5. The number of imidazole rings is 1. The van der Waals surface area contributed by atoms with Gasteiger partial charge in [0.15, 0.2) is 11.2 Å². The van der Waals surface area contributed by atoms with Gasteiger partial charge in [-0.15, -0.1) is 0 Å². The first-order chi connectivity index (χ1) is 16.8. The van der Waals surface area contributed by atoms with Crippen molar-refractivity contribution < 1.29 is 19.7 Å². The first kappa shape index (κ1) is 24.8. The fourth-order valence-electron chi connectivity index (χ4n) is 4.29. The Kier molecular flexibility index (Phi) is 7.43. The van der Waals surface area contributed by atoms with Gasteiger partial charge in [0, 0.05) is 46.8 Å². The van der Waals surface area contributed by atoms with Crippen molar-refractivity contribution in [3.63, 3.8) is 0 Å². The number of aromatic nitrogens is 4. The second-order valence-electron chi connectivity index (χ2n) is 8.59. The summed E-state index contributed by atoms with van der Waals surface area (Å²) >= 11 is 0. The number of aliphatic hydroxyl groups is 2. The number of anilines is 1. The Bertz CT molecular complexity index is 1270. The van der Waals surface area contributed by atoms with Gasteiger partial charge in [0.05, 0.1) is 20.3 Å². The molecule has 1 aromatic carbocycles. The quantitative estimate of drug-likeness (QED) is 0.390. The van der Waals surface area contributed by atoms with Crippen LogP contribution < -0.4 is 25.6 Å². The van der Waals surface area contributed by atoms with Gasteiger partial charge in [-0.05, 0) is 24.3 Å². The molecule has 35 heavy (non-hydrogen) atoms. The smallest absolute Gasteiger partial charge is 0.332 e. The molecule has 190 valence electrons. The van der Waals surface area contributed by atoms with Crippen molar-refractivity contribution in [3.05, 3.63) is 45.1 Å². The second-order valence-corrected chi connectivity index (χ2v) is 8.59. The highest BCUT2D eigenvalue weighted by Crippen LogP contribution is 2.22. The van der Waals surface area contributed by atoms with Crippen molar-refractivity contribution in [3.8, 4) is 11.5 Å². The number of β-amino-alcohol motifs (C(OH)–C–C–N with tert-alkyl or cyclic N) is 1. The topological polar surface area (TPSA) is 127 Å². The van der Waals surface area contributed by atoms with Crippen molar-refractivity contribution in [2.24, 2.45) is 14.1 Å². The summed E-state index contributed by atoms with van der Waals surface area (Å²) in [5.74, 6) is 1.80. The zero-order valence-corrected chi connectivity index (χ0v) is 20.3. The number of nitrogens with zero attached hydrogens (tertiary/aromatic N) is 6. The number of rotatable bonds is 9. The molecule has 0 saturated carbocycles. The molecule has 1 aliphatic heterocycles. The highest BCUT2D eigenvalue weighted by Gasteiger charge is 2.26. The molecule has 1 aliphatic rings. The lowest BCUT2D eigenvalue weighted by molar-refractivity contribution is 0.0934. The zero-order valence-electron chi connectivity index (χ0n) is 20.3. The summed E-state index contributed by atoms with van der Waals surface area (Å²) in [7, 11) is 4.59. The maximum atomic E-state index is 13.1. The number of piperazine rings is 1. The van der Waals surface area contributed by atoms with Gasteiger partial charge < -0.3 is 29.2 Å². The van der Waals surface area contributed by atoms with Crippen LogP contribution in [0, 0.1) is 0 Å². The highest BCUT2D eigenvalue weighted by molar-refractivity contribution is 5.74. The summed E-state index contributed by atoms with van der Waals surface area (Å²) < 4.78 is 14.9. The van der Waals surface area contributed by atoms with Crippen molar-refractivity contribution in [1.29, 1.82) is 0 Å². The highest BCUT2D eigenvalue weighted by atomic mass is 16.5. The van der Waals surface area contributed by atoms with Crippen molar-refractivity contribution >= 4 is 17.1 Å². The van der Waals surface area contributed by atoms with Gasteiger partial charge in [-0.25, -0.2) is 4.79 Å². The maximum absolute atomic E-state index is 13.1. The molecule has 0 unspecified atom stereocenters. The molecule has 1 atom stereocenters. The van der Waals surface area contributed by atoms with E-state index in [9.17, 15) is 19.8 Å². The largest absolute Gasteiger partial charge is 0.497 e. The average Bonchev–Trinajstić information content (AvgIpc) is 3.25. The minimum Gasteiger partial charge on any atom is -0.497 e. The molecular formula is C23H32N6O6. The summed E-state index contributed by atoms with van der Waals surface area (Å²) in [6.07, 6.45) is -0.939. The molecule has 12 nitrogen and oxygen atoms in total. The van der Waals surface area contributed by atoms with E-state index < -0.39 is 17.4 Å². The van der Waals surface area contributed by atoms with E-state index in [1.807, 2.05) is 4.90 Å². The molecule has 4 rings (SSSR count). The number of aliphatic hydroxyl groups excluding tert-OH is 2. The lowest BCUT2D eigenvalue weighted by Gasteiger charge is -2.35. The minimum atomic E-state index is -0.939. The van der Waals surface area contributed by atoms with Gasteiger partial charge in [-0.3, -0.25) is 18.8 Å². The van der Waals surface area contributed by atoms with Gasteiger partial charge >= 0.3 is 5.69 Å². The molecule has 3 heterocycles. The predicted octanol–water partition coefficient (Wildman–Crippen LogP) is -1.00. The van der Waals surface area contributed by atoms with Crippen LogP contribution in [0.2, 0.25) is 0 Å². The van der Waals surface area contributed by atoms with E-state index in [4.69, 9.17) is 9.47 Å². The zero-order chi connectivity index (χ0) is 25.1. The van der Waals surface area contributed by atoms with Crippen LogP contribution in [0.3, 0.4) is 0 Å². The molecule has 2 aromatic heterocycles. The summed E-state index contributed by atoms with van der Waals surface area (Å²) in [5, 5.41) is 20.1. The average molecular weight is 489 g/mol. The van der Waals surface area contributed by atoms with Crippen molar-refractivity contribution in [1.82, 2.24) is 23.6 Å². The monoisotopic (exact) mass is 488 g/mol. The summed E-state index contributed by atoms with van der Waals surface area (Å²) in [5.41, 5.74) is -0.404. The third kappa shape index (κ3) is 5.04. The maximum Gasteiger partial charge on any atom is 0.332 e. The molecule has 0 amide bonds. The standard InChI is InChI=1S/C23H32N6O6/c1-25-20-19(21(32)26(2)23(25)33)29(22(24-20)28-10-8-27(9-11-28)12-13-30)14-16(31)15-35-18-6-4-17(34-3)5-7-18/h4-7,16,30-31H,8-15H2,1-3H3/t16-/m0/s1. The lowest BCUT2D eigenvalue weighted by atomic mass is 10.3. The Morgan fingerprint density at radius 2 is 1.69 bits per heavy atom. The molecule has 0 radical (unpaired) electrons. The molecule has 0 aliphatic carbocycles. The van der Waals surface area contributed by atoms with Crippen LogP contribution >= 0.6 is 0 Å². The van der Waals surface area contributed by atoms with E-state index >= 15 is 0 Å². The fourth-order valence-corrected chi connectivity index (χ4v) is 4.29. The van der Waals surface area contributed by atoms with Crippen molar-refractivity contribution in [2.75, 3.05) is 57.9 Å². The van der Waals surface area contributed by atoms with Gasteiger partial charge in [-0.1, -0.05) is 0 Å². The van der Waals surface area contributed by atoms with Crippen LogP contribution in [0.4, 0.5) is 5.95 Å². The van der Waals surface area contributed by atoms with E-state index in [0.29, 0.717) is 37.1 Å². The SMILES string of the molecule is COc1ccc(OC[C@@H](O)Cn2c(N3CCN(CCO)CC3)nc3c2c(=O)n(C)c(=O)n3C)cc1. The van der Waals surface area contributed by atoms with Crippen LogP contribution in [0.1, 0.15) is 0 Å². The summed E-state index contributed by atoms with van der Waals surface area (Å²) in [4.78, 5) is 34.4. The Balaban J connectivity index is 1.63. The molecular weight excluding hydrogens is 456 g/mol. The number of hydrogen-bond donors (Lipinski definition) is 2. The molecule has 0 spiro atoms. The van der Waals surface area contributed by atoms with Gasteiger partial charge in [0.25, 0.3) is 5.56 Å². The second kappa shape index (κ2) is 10.5. The number of benzene rings is 1. The predicted molar refractivity (Wildman–Crippen MR) is 130 cm³/mol. The lowest BCUT2D eigenvalue weighted by Crippen LogP contribution is -2.48. The van der Waals surface area contributed by atoms with Gasteiger partial charge in [0.2, 0.25) is 5.95 Å². The number of hydrogen-bond acceptors (Lipinski definition) is 9. The van der Waals surface area contributed by atoms with Crippen LogP contribution in [0.25, 0.3) is 11.2 Å². The molecule has 0 bridgehead atoms. The Labute approximate surface area is 202 Å². The molecule has 2 N–H and O–H groups in total. The van der Waals surface area contributed by atoms with E-state index in [1.165, 1.54) is 11.6 Å². The van der Waals surface area contributed by atoms with Crippen LogP contribution in [0.5, 0.6) is 11.5 Å². The van der Waals surface area contributed by atoms with Gasteiger partial charge in [-0.2, -0.15) is 4.98 Å². The molecule has 12 heteroatoms. The summed E-state index contributed by atoms with van der Waals surface area (Å²) in [6.45, 7) is 3.48. The summed E-state index contributed by atoms with van der Waals surface area (Å²) in [6, 6.07) is 7.04. The first-order valence-electron chi connectivity index (χ1n) is 11.5. The van der Waals surface area contributed by atoms with Gasteiger partial charge in [0.1, 0.15) is 24.2 Å². The normalized spacial score (nSPS) is 15.5. The Hall–Kier alpha value is -3.35. The third-order valence-electron chi connectivity index (χ3n) is 6.29. The van der Waals surface area contributed by atoms with Crippen LogP contribution in [-0.2, 0) is 20.6 Å². The number of ether oxygens (including phenoxy) is 2. The van der Waals surface area contributed by atoms with Crippen LogP contribution in [-0.4, -0.2) is 92.9 Å². The number of methoxy groups -OCH3 is 1. The number of aryl methyl sites for hydroxylation is 1. The van der Waals surface area contributed by atoms with E-state index in [1.54, 1.807) is 43.0 Å². The molecule has 1 fully saturated rings. The van der Waals surface area contributed by atoms with E-state index in [-0.39, 0.29) is 30.9 Å². The Morgan fingerprint density at radius 1 is 1.03 bits per heavy atom. The Morgan fingerprint density at radius 3 is 2.31 bits per heavy atom. The molecule has 1 saturated heterocycles. The van der Waals surface area contributed by atoms with Crippen LogP contribution in [0.15, 0.2) is 33.9 Å². The fraction of sp³-hybridized carbons (Fsp3) is 0.522. The van der Waals surface area contributed by atoms with E-state index in [2.05, 4.69) is 9.88 Å². The molecule has 3 aromatic rings. The van der Waals surface area contributed by atoms with Crippen molar-refractivity contribution in [2.45, 2.75) is 12.6 Å².